The van der Waals surface area contributed by atoms with E-state index in [1.807, 2.05) is 47.6 Å². The van der Waals surface area contributed by atoms with E-state index in [0.717, 1.165) is 31.4 Å². The molecule has 1 aromatic carbocycles. The summed E-state index contributed by atoms with van der Waals surface area (Å²) in [7, 11) is 0. The van der Waals surface area contributed by atoms with Gasteiger partial charge in [-0.3, -0.25) is 10.1 Å². The third-order valence-corrected chi connectivity index (χ3v) is 10.2. The van der Waals surface area contributed by atoms with E-state index < -0.39 is 40.0 Å². The lowest BCUT2D eigenvalue weighted by molar-refractivity contribution is -0.384. The zero-order valence-electron chi connectivity index (χ0n) is 34.2. The number of pyridine rings is 1. The second kappa shape index (κ2) is 15.2. The summed E-state index contributed by atoms with van der Waals surface area (Å²) in [5.74, 6) is 0.893. The second-order valence-corrected chi connectivity index (χ2v) is 18.6. The molecular formula is C41H54N6O10. The van der Waals surface area contributed by atoms with Crippen LogP contribution in [0, 0.1) is 15.5 Å². The maximum absolute atomic E-state index is 14.1. The van der Waals surface area contributed by atoms with Crippen LogP contribution in [-0.2, 0) is 19.7 Å². The Labute approximate surface area is 332 Å². The molecule has 16 nitrogen and oxygen atoms in total. The van der Waals surface area contributed by atoms with Crippen LogP contribution in [-0.4, -0.2) is 67.5 Å². The molecule has 7 rings (SSSR count). The summed E-state index contributed by atoms with van der Waals surface area (Å²) in [5, 5.41) is 19.0. The number of carbonyl (C=O) groups is 3. The van der Waals surface area contributed by atoms with E-state index in [2.05, 4.69) is 10.3 Å². The van der Waals surface area contributed by atoms with Crippen molar-refractivity contribution in [1.82, 2.24) is 20.1 Å². The van der Waals surface area contributed by atoms with Crippen LogP contribution in [0.3, 0.4) is 0 Å². The van der Waals surface area contributed by atoms with E-state index >= 15 is 0 Å². The first-order valence-corrected chi connectivity index (χ1v) is 19.4. The van der Waals surface area contributed by atoms with Crippen molar-refractivity contribution in [3.05, 3.63) is 64.5 Å². The van der Waals surface area contributed by atoms with Gasteiger partial charge in [0.2, 0.25) is 5.88 Å². The SMILES string of the molecule is CC(C)(C)OC(=O)NC12CC(CCOc3cc(N(C(=O)OC(C)(C)C)c4cc([C@H]5CC[C@@H](OC(=O)Oc6ccc([N+](=O)[O-])cc6)C5)nn4C(C)(C)C)ccn3)(C1)C2. The quantitative estimate of drug-likeness (QED) is 0.0639. The molecule has 3 aromatic rings. The molecule has 308 valence electrons. The highest BCUT2D eigenvalue weighted by atomic mass is 16.7. The van der Waals surface area contributed by atoms with Gasteiger partial charge in [0.1, 0.15) is 28.9 Å². The number of anilines is 2. The molecule has 16 heteroatoms. The first-order chi connectivity index (χ1) is 26.5. The summed E-state index contributed by atoms with van der Waals surface area (Å²) in [6, 6.07) is 10.5. The number of nitrogens with one attached hydrogen (secondary N) is 1. The maximum Gasteiger partial charge on any atom is 0.514 e. The van der Waals surface area contributed by atoms with Gasteiger partial charge >= 0.3 is 18.3 Å². The molecule has 2 aromatic heterocycles. The third-order valence-electron chi connectivity index (χ3n) is 10.2. The van der Waals surface area contributed by atoms with Gasteiger partial charge in [-0.15, -0.1) is 0 Å². The van der Waals surface area contributed by atoms with Crippen LogP contribution >= 0.6 is 0 Å². The molecule has 0 unspecified atom stereocenters. The molecule has 4 saturated carbocycles. The Hall–Kier alpha value is -5.41. The Morgan fingerprint density at radius 2 is 1.61 bits per heavy atom. The number of amides is 2. The largest absolute Gasteiger partial charge is 0.514 e. The molecule has 0 spiro atoms. The van der Waals surface area contributed by atoms with Crippen LogP contribution < -0.4 is 19.7 Å². The van der Waals surface area contributed by atoms with Gasteiger partial charge < -0.3 is 29.0 Å². The van der Waals surface area contributed by atoms with E-state index in [0.29, 0.717) is 43.3 Å². The minimum absolute atomic E-state index is 0.0863. The predicted octanol–water partition coefficient (Wildman–Crippen LogP) is 9.08. The van der Waals surface area contributed by atoms with Crippen LogP contribution in [0.5, 0.6) is 11.6 Å². The van der Waals surface area contributed by atoms with Gasteiger partial charge in [0.25, 0.3) is 5.69 Å². The van der Waals surface area contributed by atoms with Crippen molar-refractivity contribution in [2.75, 3.05) is 11.5 Å². The zero-order chi connectivity index (χ0) is 41.6. The predicted molar refractivity (Wildman–Crippen MR) is 209 cm³/mol. The number of nitro groups is 1. The summed E-state index contributed by atoms with van der Waals surface area (Å²) in [6.07, 6.45) is 4.42. The topological polar surface area (TPSA) is 186 Å². The highest BCUT2D eigenvalue weighted by molar-refractivity contribution is 5.95. The Morgan fingerprint density at radius 3 is 2.23 bits per heavy atom. The van der Waals surface area contributed by atoms with Gasteiger partial charge in [-0.05, 0) is 131 Å². The van der Waals surface area contributed by atoms with Crippen molar-refractivity contribution in [1.29, 1.82) is 0 Å². The van der Waals surface area contributed by atoms with E-state index in [-0.39, 0.29) is 34.4 Å². The van der Waals surface area contributed by atoms with Crippen molar-refractivity contribution < 1.29 is 43.0 Å². The van der Waals surface area contributed by atoms with Gasteiger partial charge in [0, 0.05) is 41.9 Å². The molecule has 0 saturated heterocycles. The van der Waals surface area contributed by atoms with Gasteiger partial charge in [-0.2, -0.15) is 5.10 Å². The Bertz CT molecular complexity index is 1970. The van der Waals surface area contributed by atoms with Gasteiger partial charge in [-0.1, -0.05) is 0 Å². The summed E-state index contributed by atoms with van der Waals surface area (Å²) >= 11 is 0. The molecule has 4 aliphatic carbocycles. The van der Waals surface area contributed by atoms with Crippen LogP contribution in [0.4, 0.5) is 31.6 Å². The fraction of sp³-hybridized carbons (Fsp3) is 0.585. The highest BCUT2D eigenvalue weighted by Gasteiger charge is 2.68. The number of nitrogens with zero attached hydrogens (tertiary/aromatic N) is 5. The molecule has 4 aliphatic rings. The summed E-state index contributed by atoms with van der Waals surface area (Å²) in [4.78, 5) is 55.4. The first kappa shape index (κ1) is 41.2. The van der Waals surface area contributed by atoms with Crippen molar-refractivity contribution in [2.24, 2.45) is 5.41 Å². The number of non-ortho nitro benzene ring substituents is 1. The normalized spacial score (nSPS) is 22.7. The van der Waals surface area contributed by atoms with Crippen molar-refractivity contribution in [3.8, 4) is 11.6 Å². The molecule has 4 fully saturated rings. The molecule has 2 bridgehead atoms. The number of ether oxygens (including phenoxy) is 5. The lowest BCUT2D eigenvalue weighted by Gasteiger charge is -2.70. The molecule has 57 heavy (non-hydrogen) atoms. The standard InChI is InChI=1S/C41H54N6O10/c1-37(2,3)46-33(22-31(44-46)26-10-13-30(20-26)55-36(50)54-29-14-11-27(12-15-29)47(51)52)45(35(49)57-39(7,8)9)28-16-18-42-32(21-28)53-19-17-40-23-41(24-40,25-40)43-34(48)56-38(4,5)6/h11-12,14-16,18,21-22,26,30H,10,13,17,19-20,23-25H2,1-9H3,(H,43,48)/t26-,30+,40?,41?/m0/s1. The van der Waals surface area contributed by atoms with Gasteiger partial charge in [0.15, 0.2) is 0 Å². The summed E-state index contributed by atoms with van der Waals surface area (Å²) in [5.41, 5.74) is -0.888. The van der Waals surface area contributed by atoms with Crippen LogP contribution in [0.25, 0.3) is 0 Å². The minimum atomic E-state index is -0.898. The Kier molecular flexibility index (Phi) is 11.0. The number of aromatic nitrogens is 3. The summed E-state index contributed by atoms with van der Waals surface area (Å²) in [6.45, 7) is 17.4. The number of alkyl carbamates (subject to hydrolysis) is 1. The molecular weight excluding hydrogens is 736 g/mol. The number of benzene rings is 1. The smallest absolute Gasteiger partial charge is 0.478 e. The lowest BCUT2D eigenvalue weighted by atomic mass is 9.38. The fourth-order valence-corrected chi connectivity index (χ4v) is 7.99. The van der Waals surface area contributed by atoms with E-state index in [4.69, 9.17) is 28.8 Å². The molecule has 0 aliphatic heterocycles. The van der Waals surface area contributed by atoms with Crippen molar-refractivity contribution in [3.63, 3.8) is 0 Å². The van der Waals surface area contributed by atoms with Crippen molar-refractivity contribution in [2.45, 2.75) is 142 Å². The lowest BCUT2D eigenvalue weighted by Crippen LogP contribution is -2.75. The molecule has 1 N–H and O–H groups in total. The number of nitro benzene ring substituents is 1. The van der Waals surface area contributed by atoms with Gasteiger partial charge in [-0.25, -0.2) is 28.9 Å². The number of hydrogen-bond acceptors (Lipinski definition) is 12. The number of carbonyl (C=O) groups excluding carboxylic acids is 3. The Balaban J connectivity index is 1.14. The number of rotatable bonds is 11. The molecule has 2 heterocycles. The van der Waals surface area contributed by atoms with E-state index in [1.54, 1.807) is 43.8 Å². The number of hydrogen-bond donors (Lipinski definition) is 1. The highest BCUT2D eigenvalue weighted by Crippen LogP contribution is 2.69. The van der Waals surface area contributed by atoms with Gasteiger partial charge in [0.05, 0.1) is 28.5 Å². The second-order valence-electron chi connectivity index (χ2n) is 18.6. The third kappa shape index (κ3) is 9.95. The fourth-order valence-electron chi connectivity index (χ4n) is 7.99. The molecule has 2 amide bonds. The average Bonchev–Trinajstić information content (AvgIpc) is 3.69. The minimum Gasteiger partial charge on any atom is -0.478 e. The maximum atomic E-state index is 14.1. The van der Waals surface area contributed by atoms with E-state index in [9.17, 15) is 24.5 Å². The van der Waals surface area contributed by atoms with Crippen LogP contribution in [0.15, 0.2) is 48.7 Å². The summed E-state index contributed by atoms with van der Waals surface area (Å²) < 4.78 is 30.2. The molecule has 2 atom stereocenters. The zero-order valence-corrected chi connectivity index (χ0v) is 34.2. The van der Waals surface area contributed by atoms with Crippen LogP contribution in [0.1, 0.15) is 119 Å². The average molecular weight is 791 g/mol. The molecule has 0 radical (unpaired) electrons. The van der Waals surface area contributed by atoms with Crippen molar-refractivity contribution >= 4 is 35.5 Å². The Morgan fingerprint density at radius 1 is 0.947 bits per heavy atom. The van der Waals surface area contributed by atoms with E-state index in [1.165, 1.54) is 29.2 Å². The first-order valence-electron chi connectivity index (χ1n) is 19.4. The van der Waals surface area contributed by atoms with Crippen LogP contribution in [0.2, 0.25) is 0 Å². The monoisotopic (exact) mass is 790 g/mol.